The number of hydrogen-bond acceptors (Lipinski definition) is 3. The third kappa shape index (κ3) is 3.23. The predicted octanol–water partition coefficient (Wildman–Crippen LogP) is 2.54. The van der Waals surface area contributed by atoms with E-state index in [0.29, 0.717) is 12.1 Å². The van der Waals surface area contributed by atoms with Crippen LogP contribution in [0.4, 0.5) is 0 Å². The van der Waals surface area contributed by atoms with E-state index < -0.39 is 5.91 Å². The summed E-state index contributed by atoms with van der Waals surface area (Å²) in [4.78, 5) is 11.3. The predicted molar refractivity (Wildman–Crippen MR) is 73.7 cm³/mol. The molecule has 0 fully saturated rings. The van der Waals surface area contributed by atoms with E-state index in [1.54, 1.807) is 6.07 Å². The molecule has 1 aromatic heterocycles. The van der Waals surface area contributed by atoms with Crippen LogP contribution in [0, 0.1) is 6.92 Å². The fourth-order valence-electron chi connectivity index (χ4n) is 1.96. The fraction of sp³-hybridized carbons (Fsp3) is 0.267. The number of nitrogens with one attached hydrogen (secondary N) is 1. The summed E-state index contributed by atoms with van der Waals surface area (Å²) in [5, 5.41) is 3.32. The maximum atomic E-state index is 11.3. The van der Waals surface area contributed by atoms with E-state index >= 15 is 0 Å². The van der Waals surface area contributed by atoms with Crippen molar-refractivity contribution in [2.45, 2.75) is 26.4 Å². The molecule has 0 bridgehead atoms. The zero-order valence-electron chi connectivity index (χ0n) is 11.1. The number of nitrogens with two attached hydrogens (primary N) is 1. The average Bonchev–Trinajstić information content (AvgIpc) is 2.83. The maximum Gasteiger partial charge on any atom is 0.249 e. The molecular weight excluding hydrogens is 240 g/mol. The molecule has 0 aliphatic rings. The molecule has 19 heavy (non-hydrogen) atoms. The highest BCUT2D eigenvalue weighted by Crippen LogP contribution is 2.17. The van der Waals surface area contributed by atoms with Crippen LogP contribution in [0.25, 0.3) is 0 Å². The highest BCUT2D eigenvalue weighted by atomic mass is 16.3. The molecular formula is C15H18N2O2. The number of rotatable bonds is 5. The molecule has 4 nitrogen and oxygen atoms in total. The third-order valence-corrected chi connectivity index (χ3v) is 3.07. The monoisotopic (exact) mass is 258 g/mol. The molecule has 1 heterocycles. The second-order valence-corrected chi connectivity index (χ2v) is 4.57. The molecule has 0 saturated heterocycles. The first-order chi connectivity index (χ1) is 9.08. The lowest BCUT2D eigenvalue weighted by atomic mass is 10.1. The van der Waals surface area contributed by atoms with Crippen molar-refractivity contribution in [2.75, 3.05) is 0 Å². The molecule has 4 heteroatoms. The Balaban J connectivity index is 2.05. The minimum absolute atomic E-state index is 0.0784. The van der Waals surface area contributed by atoms with Crippen LogP contribution < -0.4 is 11.1 Å². The van der Waals surface area contributed by atoms with E-state index in [2.05, 4.69) is 5.32 Å². The highest BCUT2D eigenvalue weighted by molar-refractivity contribution is 5.94. The summed E-state index contributed by atoms with van der Waals surface area (Å²) < 4.78 is 5.56. The van der Waals surface area contributed by atoms with Gasteiger partial charge >= 0.3 is 0 Å². The number of primary amides is 1. The van der Waals surface area contributed by atoms with E-state index in [9.17, 15) is 4.79 Å². The number of aryl methyl sites for hydroxylation is 1. The van der Waals surface area contributed by atoms with Gasteiger partial charge in [-0.1, -0.05) is 18.2 Å². The van der Waals surface area contributed by atoms with Gasteiger partial charge in [-0.3, -0.25) is 4.79 Å². The van der Waals surface area contributed by atoms with Crippen molar-refractivity contribution in [1.82, 2.24) is 5.32 Å². The van der Waals surface area contributed by atoms with Crippen LogP contribution in [0.3, 0.4) is 0 Å². The first-order valence-electron chi connectivity index (χ1n) is 6.25. The second-order valence-electron chi connectivity index (χ2n) is 4.57. The molecule has 0 spiro atoms. The van der Waals surface area contributed by atoms with Crippen molar-refractivity contribution >= 4 is 5.91 Å². The van der Waals surface area contributed by atoms with E-state index in [0.717, 1.165) is 17.1 Å². The Morgan fingerprint density at radius 1 is 1.32 bits per heavy atom. The molecule has 0 radical (unpaired) electrons. The SMILES string of the molecule is Cc1ccc(C(C)NCc2ccccc2C(N)=O)o1. The summed E-state index contributed by atoms with van der Waals surface area (Å²) >= 11 is 0. The van der Waals surface area contributed by atoms with E-state index in [1.807, 2.05) is 44.2 Å². The lowest BCUT2D eigenvalue weighted by Gasteiger charge is -2.13. The van der Waals surface area contributed by atoms with Gasteiger partial charge in [-0.2, -0.15) is 0 Å². The van der Waals surface area contributed by atoms with E-state index in [1.165, 1.54) is 0 Å². The van der Waals surface area contributed by atoms with E-state index in [4.69, 9.17) is 10.2 Å². The molecule has 2 rings (SSSR count). The zero-order chi connectivity index (χ0) is 13.8. The number of amides is 1. The lowest BCUT2D eigenvalue weighted by Crippen LogP contribution is -2.21. The van der Waals surface area contributed by atoms with Gasteiger partial charge in [-0.15, -0.1) is 0 Å². The molecule has 0 saturated carbocycles. The minimum Gasteiger partial charge on any atom is -0.465 e. The van der Waals surface area contributed by atoms with Gasteiger partial charge in [0.25, 0.3) is 0 Å². The summed E-state index contributed by atoms with van der Waals surface area (Å²) in [6.45, 7) is 4.50. The fourth-order valence-corrected chi connectivity index (χ4v) is 1.96. The Morgan fingerprint density at radius 2 is 2.05 bits per heavy atom. The van der Waals surface area contributed by atoms with Crippen molar-refractivity contribution in [1.29, 1.82) is 0 Å². The topological polar surface area (TPSA) is 68.3 Å². The molecule has 1 amide bonds. The number of hydrogen-bond donors (Lipinski definition) is 2. The molecule has 1 aromatic carbocycles. The maximum absolute atomic E-state index is 11.3. The third-order valence-electron chi connectivity index (χ3n) is 3.07. The minimum atomic E-state index is -0.404. The Kier molecular flexibility index (Phi) is 4.02. The van der Waals surface area contributed by atoms with Gasteiger partial charge in [-0.05, 0) is 37.6 Å². The highest BCUT2D eigenvalue weighted by Gasteiger charge is 2.11. The quantitative estimate of drug-likeness (QED) is 0.866. The van der Waals surface area contributed by atoms with Crippen LogP contribution in [-0.4, -0.2) is 5.91 Å². The standard InChI is InChI=1S/C15H18N2O2/c1-10-7-8-14(19-10)11(2)17-9-12-5-3-4-6-13(12)15(16)18/h3-8,11,17H,9H2,1-2H3,(H2,16,18). The Bertz CT molecular complexity index is 575. The molecule has 1 unspecified atom stereocenters. The molecule has 2 aromatic rings. The van der Waals surface area contributed by atoms with Crippen LogP contribution in [0.2, 0.25) is 0 Å². The van der Waals surface area contributed by atoms with Gasteiger partial charge in [0.05, 0.1) is 6.04 Å². The summed E-state index contributed by atoms with van der Waals surface area (Å²) in [6, 6.07) is 11.3. The number of furan rings is 1. The number of carbonyl (C=O) groups is 1. The molecule has 100 valence electrons. The smallest absolute Gasteiger partial charge is 0.249 e. The van der Waals surface area contributed by atoms with Gasteiger partial charge in [-0.25, -0.2) is 0 Å². The van der Waals surface area contributed by atoms with Crippen molar-refractivity contribution < 1.29 is 9.21 Å². The van der Waals surface area contributed by atoms with Crippen molar-refractivity contribution in [3.05, 3.63) is 59.0 Å². The molecule has 0 aliphatic heterocycles. The Labute approximate surface area is 112 Å². The average molecular weight is 258 g/mol. The first kappa shape index (κ1) is 13.4. The van der Waals surface area contributed by atoms with Gasteiger partial charge in [0.2, 0.25) is 5.91 Å². The van der Waals surface area contributed by atoms with E-state index in [-0.39, 0.29) is 6.04 Å². The summed E-state index contributed by atoms with van der Waals surface area (Å²) in [6.07, 6.45) is 0. The first-order valence-corrected chi connectivity index (χ1v) is 6.25. The Morgan fingerprint density at radius 3 is 2.68 bits per heavy atom. The lowest BCUT2D eigenvalue weighted by molar-refractivity contribution is 0.0999. The van der Waals surface area contributed by atoms with Crippen LogP contribution >= 0.6 is 0 Å². The van der Waals surface area contributed by atoms with Gasteiger partial charge in [0.15, 0.2) is 0 Å². The van der Waals surface area contributed by atoms with Crippen molar-refractivity contribution in [3.63, 3.8) is 0 Å². The van der Waals surface area contributed by atoms with Crippen molar-refractivity contribution in [3.8, 4) is 0 Å². The zero-order valence-corrected chi connectivity index (χ0v) is 11.1. The molecule has 3 N–H and O–H groups in total. The van der Waals surface area contributed by atoms with Crippen LogP contribution in [0.1, 0.15) is 40.4 Å². The van der Waals surface area contributed by atoms with Gasteiger partial charge < -0.3 is 15.5 Å². The van der Waals surface area contributed by atoms with Crippen LogP contribution in [0.15, 0.2) is 40.8 Å². The van der Waals surface area contributed by atoms with Crippen molar-refractivity contribution in [2.24, 2.45) is 5.73 Å². The molecule has 0 aliphatic carbocycles. The van der Waals surface area contributed by atoms with Gasteiger partial charge in [0.1, 0.15) is 11.5 Å². The van der Waals surface area contributed by atoms with Crippen LogP contribution in [-0.2, 0) is 6.54 Å². The second kappa shape index (κ2) is 5.71. The molecule has 1 atom stereocenters. The number of benzene rings is 1. The Hall–Kier alpha value is -2.07. The van der Waals surface area contributed by atoms with Crippen LogP contribution in [0.5, 0.6) is 0 Å². The normalized spacial score (nSPS) is 12.3. The van der Waals surface area contributed by atoms with Gasteiger partial charge in [0, 0.05) is 12.1 Å². The summed E-state index contributed by atoms with van der Waals surface area (Å²) in [7, 11) is 0. The summed E-state index contributed by atoms with van der Waals surface area (Å²) in [5.74, 6) is 1.37. The number of carbonyl (C=O) groups excluding carboxylic acids is 1. The summed E-state index contributed by atoms with van der Waals surface area (Å²) in [5.41, 5.74) is 6.80. The largest absolute Gasteiger partial charge is 0.465 e.